The van der Waals surface area contributed by atoms with Crippen molar-refractivity contribution in [2.45, 2.75) is 0 Å². The van der Waals surface area contributed by atoms with Crippen LogP contribution in [0.4, 0.5) is 11.4 Å². The van der Waals surface area contributed by atoms with Gasteiger partial charge in [0, 0.05) is 42.5 Å². The van der Waals surface area contributed by atoms with E-state index in [0.717, 1.165) is 19.6 Å². The van der Waals surface area contributed by atoms with E-state index in [4.69, 9.17) is 25.8 Å². The Kier molecular flexibility index (Phi) is 9.15. The molecular formula is C30H30ClN5O5. The first kappa shape index (κ1) is 28.2. The summed E-state index contributed by atoms with van der Waals surface area (Å²) >= 11 is 6.02. The average molecular weight is 576 g/mol. The Labute approximate surface area is 242 Å². The molecular weight excluding hydrogens is 546 g/mol. The minimum absolute atomic E-state index is 0.149. The number of rotatable bonds is 10. The number of hydrogen-bond donors (Lipinski definition) is 2. The van der Waals surface area contributed by atoms with Gasteiger partial charge in [0.25, 0.3) is 11.5 Å². The van der Waals surface area contributed by atoms with Gasteiger partial charge in [0.15, 0.2) is 11.4 Å². The Morgan fingerprint density at radius 3 is 2.49 bits per heavy atom. The molecule has 1 amide bonds. The largest absolute Gasteiger partial charge is 0.497 e. The van der Waals surface area contributed by atoms with Gasteiger partial charge < -0.3 is 24.8 Å². The first-order valence-electron chi connectivity index (χ1n) is 13.2. The fraction of sp³-hybridized carbons (Fsp3) is 0.233. The smallest absolute Gasteiger partial charge is 0.299 e. The van der Waals surface area contributed by atoms with Crippen LogP contribution in [0.3, 0.4) is 0 Å². The fourth-order valence-electron chi connectivity index (χ4n) is 4.30. The number of nitrogens with one attached hydrogen (secondary N) is 2. The van der Waals surface area contributed by atoms with Gasteiger partial charge in [0.2, 0.25) is 0 Å². The summed E-state index contributed by atoms with van der Waals surface area (Å²) in [6, 6.07) is 20.7. The van der Waals surface area contributed by atoms with E-state index in [9.17, 15) is 9.59 Å². The molecule has 0 saturated carbocycles. The molecule has 0 aliphatic carbocycles. The predicted octanol–water partition coefficient (Wildman–Crippen LogP) is 4.49. The normalized spacial score (nSPS) is 13.4. The zero-order valence-electron chi connectivity index (χ0n) is 22.5. The highest BCUT2D eigenvalue weighted by molar-refractivity contribution is 6.30. The summed E-state index contributed by atoms with van der Waals surface area (Å²) in [4.78, 5) is 28.8. The van der Waals surface area contributed by atoms with Crippen LogP contribution in [0, 0.1) is 0 Å². The Morgan fingerprint density at radius 1 is 1.02 bits per heavy atom. The van der Waals surface area contributed by atoms with Crippen molar-refractivity contribution in [3.8, 4) is 22.9 Å². The molecule has 5 rings (SSSR count). The second-order valence-electron chi connectivity index (χ2n) is 9.27. The zero-order chi connectivity index (χ0) is 28.6. The van der Waals surface area contributed by atoms with Crippen molar-refractivity contribution in [3.63, 3.8) is 0 Å². The standard InChI is InChI=1S/C30H30ClN5O5/c1-39-25-11-7-24(8-12-25)36-30(38)28(27(20-33-36)41-26-9-5-22(31)6-10-26)34-23-4-2-3-21(19-23)29(37)32-13-14-35-15-17-40-18-16-35/h2-12,19-20,34H,13-18H2,1H3,(H,32,37). The molecule has 1 fully saturated rings. The van der Waals surface area contributed by atoms with Gasteiger partial charge in [-0.1, -0.05) is 17.7 Å². The number of hydrogen-bond acceptors (Lipinski definition) is 8. The molecule has 0 radical (unpaired) electrons. The number of amides is 1. The van der Waals surface area contributed by atoms with Gasteiger partial charge in [0.05, 0.1) is 32.2 Å². The number of benzene rings is 3. The number of ether oxygens (including phenoxy) is 3. The summed E-state index contributed by atoms with van der Waals surface area (Å²) in [6.45, 7) is 4.40. The van der Waals surface area contributed by atoms with Gasteiger partial charge in [-0.3, -0.25) is 14.5 Å². The molecule has 212 valence electrons. The lowest BCUT2D eigenvalue weighted by molar-refractivity contribution is 0.0383. The summed E-state index contributed by atoms with van der Waals surface area (Å²) in [5, 5.41) is 11.0. The first-order chi connectivity index (χ1) is 20.0. The summed E-state index contributed by atoms with van der Waals surface area (Å²) in [5.74, 6) is 1.14. The molecule has 0 atom stereocenters. The Balaban J connectivity index is 1.39. The van der Waals surface area contributed by atoms with Gasteiger partial charge in [-0.15, -0.1) is 0 Å². The Hall–Kier alpha value is -4.38. The maximum absolute atomic E-state index is 13.7. The van der Waals surface area contributed by atoms with Crippen LogP contribution in [0.2, 0.25) is 5.02 Å². The van der Waals surface area contributed by atoms with Crippen molar-refractivity contribution < 1.29 is 19.0 Å². The van der Waals surface area contributed by atoms with Crippen LogP contribution < -0.4 is 25.7 Å². The third-order valence-corrected chi connectivity index (χ3v) is 6.76. The molecule has 4 aromatic rings. The SMILES string of the molecule is COc1ccc(-n2ncc(Oc3ccc(Cl)cc3)c(Nc3cccc(C(=O)NCCN4CCOCC4)c3)c2=O)cc1. The van der Waals surface area contributed by atoms with Crippen LogP contribution in [-0.4, -0.2) is 67.1 Å². The van der Waals surface area contributed by atoms with Crippen molar-refractivity contribution in [2.24, 2.45) is 0 Å². The predicted molar refractivity (Wildman–Crippen MR) is 157 cm³/mol. The van der Waals surface area contributed by atoms with Crippen molar-refractivity contribution in [3.05, 3.63) is 99.9 Å². The number of aromatic nitrogens is 2. The van der Waals surface area contributed by atoms with E-state index in [2.05, 4.69) is 20.6 Å². The van der Waals surface area contributed by atoms with Crippen LogP contribution in [0.25, 0.3) is 5.69 Å². The number of carbonyl (C=O) groups excluding carboxylic acids is 1. The lowest BCUT2D eigenvalue weighted by atomic mass is 10.2. The van der Waals surface area contributed by atoms with E-state index in [1.54, 1.807) is 79.9 Å². The minimum atomic E-state index is -0.443. The van der Waals surface area contributed by atoms with Crippen molar-refractivity contribution in [1.82, 2.24) is 20.0 Å². The zero-order valence-corrected chi connectivity index (χ0v) is 23.3. The molecule has 1 aromatic heterocycles. The third-order valence-electron chi connectivity index (χ3n) is 6.51. The molecule has 0 spiro atoms. The van der Waals surface area contributed by atoms with Crippen LogP contribution >= 0.6 is 11.6 Å². The van der Waals surface area contributed by atoms with Crippen LogP contribution in [0.5, 0.6) is 17.2 Å². The molecule has 1 aliphatic heterocycles. The van der Waals surface area contributed by atoms with Gasteiger partial charge in [-0.25, -0.2) is 0 Å². The maximum Gasteiger partial charge on any atom is 0.299 e. The lowest BCUT2D eigenvalue weighted by Crippen LogP contribution is -2.41. The summed E-state index contributed by atoms with van der Waals surface area (Å²) in [7, 11) is 1.57. The van der Waals surface area contributed by atoms with E-state index >= 15 is 0 Å². The molecule has 1 aliphatic rings. The molecule has 3 aromatic carbocycles. The van der Waals surface area contributed by atoms with E-state index in [1.165, 1.54) is 10.9 Å². The van der Waals surface area contributed by atoms with Crippen molar-refractivity contribution >= 4 is 28.9 Å². The van der Waals surface area contributed by atoms with Crippen molar-refractivity contribution in [1.29, 1.82) is 0 Å². The Bertz CT molecular complexity index is 1540. The molecule has 41 heavy (non-hydrogen) atoms. The van der Waals surface area contributed by atoms with Gasteiger partial charge in [-0.05, 0) is 66.7 Å². The van der Waals surface area contributed by atoms with Crippen LogP contribution in [0.15, 0.2) is 83.8 Å². The van der Waals surface area contributed by atoms with Crippen molar-refractivity contribution in [2.75, 3.05) is 51.8 Å². The van der Waals surface area contributed by atoms with Gasteiger partial charge >= 0.3 is 0 Å². The summed E-state index contributed by atoms with van der Waals surface area (Å²) in [5.41, 5.74) is 1.25. The monoisotopic (exact) mass is 575 g/mol. The number of nitrogens with zero attached hydrogens (tertiary/aromatic N) is 3. The lowest BCUT2D eigenvalue weighted by Gasteiger charge is -2.26. The molecule has 2 heterocycles. The highest BCUT2D eigenvalue weighted by atomic mass is 35.5. The molecule has 2 N–H and O–H groups in total. The molecule has 0 bridgehead atoms. The van der Waals surface area contributed by atoms with E-state index in [-0.39, 0.29) is 17.3 Å². The number of anilines is 2. The molecule has 11 heteroatoms. The highest BCUT2D eigenvalue weighted by Gasteiger charge is 2.17. The average Bonchev–Trinajstić information content (AvgIpc) is 3.01. The molecule has 0 unspecified atom stereocenters. The van der Waals surface area contributed by atoms with Crippen LogP contribution in [-0.2, 0) is 4.74 Å². The van der Waals surface area contributed by atoms with Gasteiger partial charge in [-0.2, -0.15) is 9.78 Å². The molecule has 10 nitrogen and oxygen atoms in total. The van der Waals surface area contributed by atoms with E-state index in [0.29, 0.717) is 53.2 Å². The van der Waals surface area contributed by atoms with Crippen LogP contribution in [0.1, 0.15) is 10.4 Å². The molecule has 1 saturated heterocycles. The maximum atomic E-state index is 13.7. The van der Waals surface area contributed by atoms with Gasteiger partial charge in [0.1, 0.15) is 11.5 Å². The minimum Gasteiger partial charge on any atom is -0.497 e. The second kappa shape index (κ2) is 13.3. The number of methoxy groups -OCH3 is 1. The number of morpholine rings is 1. The summed E-state index contributed by atoms with van der Waals surface area (Å²) in [6.07, 6.45) is 1.46. The second-order valence-corrected chi connectivity index (χ2v) is 9.71. The Morgan fingerprint density at radius 2 is 1.76 bits per heavy atom. The van der Waals surface area contributed by atoms with E-state index < -0.39 is 5.56 Å². The first-order valence-corrected chi connectivity index (χ1v) is 13.5. The fourth-order valence-corrected chi connectivity index (χ4v) is 4.43. The number of carbonyl (C=O) groups is 1. The quantitative estimate of drug-likeness (QED) is 0.285. The highest BCUT2D eigenvalue weighted by Crippen LogP contribution is 2.30. The van der Waals surface area contributed by atoms with E-state index in [1.807, 2.05) is 0 Å². The topological polar surface area (TPSA) is 107 Å². The third kappa shape index (κ3) is 7.23. The summed E-state index contributed by atoms with van der Waals surface area (Å²) < 4.78 is 17.9. The number of halogens is 1.